The molecule has 0 aliphatic rings. The summed E-state index contributed by atoms with van der Waals surface area (Å²) in [5, 5.41) is 3.69. The number of nitrogens with zero attached hydrogens (tertiary/aromatic N) is 1. The zero-order chi connectivity index (χ0) is 19.3. The van der Waals surface area contributed by atoms with Crippen molar-refractivity contribution in [3.8, 4) is 11.3 Å². The molecule has 1 N–H and O–H groups in total. The molecule has 0 saturated carbocycles. The molecule has 140 valence electrons. The van der Waals surface area contributed by atoms with E-state index >= 15 is 0 Å². The number of halogens is 1. The lowest BCUT2D eigenvalue weighted by Crippen LogP contribution is -2.36. The van der Waals surface area contributed by atoms with E-state index in [-0.39, 0.29) is 11.3 Å². The van der Waals surface area contributed by atoms with E-state index in [1.165, 1.54) is 5.56 Å². The van der Waals surface area contributed by atoms with Gasteiger partial charge in [0.1, 0.15) is 0 Å². The van der Waals surface area contributed by atoms with Crippen LogP contribution in [0.1, 0.15) is 31.7 Å². The van der Waals surface area contributed by atoms with E-state index in [4.69, 9.17) is 16.0 Å². The van der Waals surface area contributed by atoms with Crippen molar-refractivity contribution in [3.05, 3.63) is 77.3 Å². The molecule has 4 nitrogen and oxygen atoms in total. The van der Waals surface area contributed by atoms with Crippen molar-refractivity contribution in [2.24, 2.45) is 0 Å². The summed E-state index contributed by atoms with van der Waals surface area (Å²) >= 11 is 5.90. The second-order valence-electron chi connectivity index (χ2n) is 7.15. The molecule has 0 radical (unpaired) electrons. The summed E-state index contributed by atoms with van der Waals surface area (Å²) in [5.41, 5.74) is 1.99. The highest BCUT2D eigenvalue weighted by atomic mass is 35.5. The summed E-state index contributed by atoms with van der Waals surface area (Å²) in [7, 11) is 0. The highest BCUT2D eigenvalue weighted by Crippen LogP contribution is 2.23. The van der Waals surface area contributed by atoms with Crippen molar-refractivity contribution < 1.29 is 9.21 Å². The summed E-state index contributed by atoms with van der Waals surface area (Å²) in [5.74, 6) is 1.22. The minimum atomic E-state index is -0.123. The molecule has 3 rings (SSSR count). The Balaban J connectivity index is 1.50. The van der Waals surface area contributed by atoms with Crippen LogP contribution in [0.25, 0.3) is 11.3 Å². The fraction of sp³-hybridized carbons (Fsp3) is 0.273. The zero-order valence-electron chi connectivity index (χ0n) is 15.5. The van der Waals surface area contributed by atoms with Crippen molar-refractivity contribution in [3.63, 3.8) is 0 Å². The topological polar surface area (TPSA) is 55.1 Å². The van der Waals surface area contributed by atoms with Crippen molar-refractivity contribution in [2.75, 3.05) is 6.54 Å². The number of aromatic nitrogens is 1. The van der Waals surface area contributed by atoms with E-state index < -0.39 is 0 Å². The summed E-state index contributed by atoms with van der Waals surface area (Å²) in [6.07, 6.45) is 2.48. The van der Waals surface area contributed by atoms with Crippen LogP contribution in [-0.2, 0) is 16.6 Å². The van der Waals surface area contributed by atoms with Crippen LogP contribution in [0.3, 0.4) is 0 Å². The third-order valence-electron chi connectivity index (χ3n) is 4.53. The molecule has 0 bridgehead atoms. The minimum absolute atomic E-state index is 0.00903. The maximum Gasteiger partial charge on any atom is 0.220 e. The number of hydrogen-bond acceptors (Lipinski definition) is 3. The number of aryl methyl sites for hydroxylation is 1. The second-order valence-corrected chi connectivity index (χ2v) is 7.59. The molecule has 27 heavy (non-hydrogen) atoms. The van der Waals surface area contributed by atoms with Crippen LogP contribution in [0, 0.1) is 0 Å². The number of carbonyl (C=O) groups is 1. The van der Waals surface area contributed by atoms with Gasteiger partial charge in [-0.1, -0.05) is 55.8 Å². The quantitative estimate of drug-likeness (QED) is 0.624. The average molecular weight is 383 g/mol. The Morgan fingerprint density at radius 1 is 1.11 bits per heavy atom. The first kappa shape index (κ1) is 19.2. The average Bonchev–Trinajstić information content (AvgIpc) is 3.15. The summed E-state index contributed by atoms with van der Waals surface area (Å²) in [6.45, 7) is 4.82. The van der Waals surface area contributed by atoms with Crippen molar-refractivity contribution in [2.45, 2.75) is 32.1 Å². The molecular weight excluding hydrogens is 360 g/mol. The standard InChI is InChI=1S/C22H23ClN2O2/c1-22(2,17-6-4-3-5-7-17)15-25-20(26)12-13-21-24-14-19(27-21)16-8-10-18(23)11-9-16/h3-11,14H,12-13,15H2,1-2H3,(H,25,26). The molecule has 1 amide bonds. The Labute approximate surface area is 164 Å². The number of amides is 1. The molecular formula is C22H23ClN2O2. The molecule has 0 atom stereocenters. The van der Waals surface area contributed by atoms with Crippen LogP contribution in [0.2, 0.25) is 5.02 Å². The van der Waals surface area contributed by atoms with E-state index in [1.807, 2.05) is 30.3 Å². The number of oxazole rings is 1. The number of carbonyl (C=O) groups excluding carboxylic acids is 1. The van der Waals surface area contributed by atoms with Gasteiger partial charge >= 0.3 is 0 Å². The van der Waals surface area contributed by atoms with Crippen LogP contribution in [0.4, 0.5) is 0 Å². The minimum Gasteiger partial charge on any atom is -0.441 e. The van der Waals surface area contributed by atoms with Gasteiger partial charge in [-0.05, 0) is 29.8 Å². The third-order valence-corrected chi connectivity index (χ3v) is 4.78. The van der Waals surface area contributed by atoms with Gasteiger partial charge in [0.15, 0.2) is 11.7 Å². The number of benzene rings is 2. The number of rotatable bonds is 7. The molecule has 1 aromatic heterocycles. The molecule has 0 saturated heterocycles. The molecule has 0 aliphatic carbocycles. The van der Waals surface area contributed by atoms with Crippen molar-refractivity contribution in [1.29, 1.82) is 0 Å². The SMILES string of the molecule is CC(C)(CNC(=O)CCc1ncc(-c2ccc(Cl)cc2)o1)c1ccccc1. The normalized spacial score (nSPS) is 11.4. The fourth-order valence-electron chi connectivity index (χ4n) is 2.79. The Bertz CT molecular complexity index is 886. The van der Waals surface area contributed by atoms with Gasteiger partial charge in [-0.3, -0.25) is 4.79 Å². The van der Waals surface area contributed by atoms with Crippen molar-refractivity contribution >= 4 is 17.5 Å². The molecule has 0 spiro atoms. The van der Waals surface area contributed by atoms with Crippen LogP contribution < -0.4 is 5.32 Å². The molecule has 2 aromatic carbocycles. The van der Waals surface area contributed by atoms with Gasteiger partial charge in [-0.15, -0.1) is 0 Å². The summed E-state index contributed by atoms with van der Waals surface area (Å²) in [4.78, 5) is 16.5. The highest BCUT2D eigenvalue weighted by Gasteiger charge is 2.21. The van der Waals surface area contributed by atoms with Crippen molar-refractivity contribution in [1.82, 2.24) is 10.3 Å². The maximum atomic E-state index is 12.2. The van der Waals surface area contributed by atoms with Crippen LogP contribution in [0.15, 0.2) is 65.2 Å². The highest BCUT2D eigenvalue weighted by molar-refractivity contribution is 6.30. The van der Waals surface area contributed by atoms with E-state index in [0.717, 1.165) is 5.56 Å². The predicted octanol–water partition coefficient (Wildman–Crippen LogP) is 5.02. The monoisotopic (exact) mass is 382 g/mol. The van der Waals surface area contributed by atoms with Crippen LogP contribution in [0.5, 0.6) is 0 Å². The van der Waals surface area contributed by atoms with Gasteiger partial charge in [0.05, 0.1) is 6.20 Å². The lowest BCUT2D eigenvalue weighted by molar-refractivity contribution is -0.121. The molecule has 3 aromatic rings. The number of nitrogens with one attached hydrogen (secondary N) is 1. The summed E-state index contributed by atoms with van der Waals surface area (Å²) in [6, 6.07) is 17.6. The Hall–Kier alpha value is -2.59. The Morgan fingerprint density at radius 2 is 1.81 bits per heavy atom. The maximum absolute atomic E-state index is 12.2. The van der Waals surface area contributed by atoms with Gasteiger partial charge in [0, 0.05) is 35.4 Å². The fourth-order valence-corrected chi connectivity index (χ4v) is 2.92. The van der Waals surface area contributed by atoms with Gasteiger partial charge in [-0.25, -0.2) is 4.98 Å². The van der Waals surface area contributed by atoms with Gasteiger partial charge in [0.25, 0.3) is 0 Å². The van der Waals surface area contributed by atoms with Gasteiger partial charge in [-0.2, -0.15) is 0 Å². The number of hydrogen-bond donors (Lipinski definition) is 1. The van der Waals surface area contributed by atoms with Gasteiger partial charge in [0.2, 0.25) is 5.91 Å². The predicted molar refractivity (Wildman–Crippen MR) is 108 cm³/mol. The van der Waals surface area contributed by atoms with E-state index in [9.17, 15) is 4.79 Å². The molecule has 0 unspecified atom stereocenters. The van der Waals surface area contributed by atoms with Gasteiger partial charge < -0.3 is 9.73 Å². The van der Waals surface area contributed by atoms with E-state index in [0.29, 0.717) is 36.1 Å². The largest absolute Gasteiger partial charge is 0.441 e. The molecule has 1 heterocycles. The first-order valence-electron chi connectivity index (χ1n) is 8.97. The third kappa shape index (κ3) is 5.20. The first-order chi connectivity index (χ1) is 12.9. The molecule has 5 heteroatoms. The smallest absolute Gasteiger partial charge is 0.220 e. The zero-order valence-corrected chi connectivity index (χ0v) is 16.3. The van der Waals surface area contributed by atoms with E-state index in [2.05, 4.69) is 36.3 Å². The first-order valence-corrected chi connectivity index (χ1v) is 9.35. The van der Waals surface area contributed by atoms with Crippen LogP contribution in [-0.4, -0.2) is 17.4 Å². The lowest BCUT2D eigenvalue weighted by Gasteiger charge is -2.25. The van der Waals surface area contributed by atoms with E-state index in [1.54, 1.807) is 18.3 Å². The molecule has 0 aliphatic heterocycles. The van der Waals surface area contributed by atoms with Crippen LogP contribution >= 0.6 is 11.6 Å². The molecule has 0 fully saturated rings. The summed E-state index contributed by atoms with van der Waals surface area (Å²) < 4.78 is 5.74. The second kappa shape index (κ2) is 8.40. The Kier molecular flexibility index (Phi) is 5.97. The lowest BCUT2D eigenvalue weighted by atomic mass is 9.84. The Morgan fingerprint density at radius 3 is 2.52 bits per heavy atom.